The molecular formula is C46H49N3OS. The fourth-order valence-electron chi connectivity index (χ4n) is 8.36. The Morgan fingerprint density at radius 1 is 0.667 bits per heavy atom. The van der Waals surface area contributed by atoms with Crippen molar-refractivity contribution in [3.63, 3.8) is 0 Å². The second kappa shape index (κ2) is 11.1. The first-order valence-electron chi connectivity index (χ1n) is 18.2. The van der Waals surface area contributed by atoms with Gasteiger partial charge < -0.3 is 4.74 Å². The lowest BCUT2D eigenvalue weighted by atomic mass is 9.71. The van der Waals surface area contributed by atoms with E-state index in [1.165, 1.54) is 33.0 Å². The molecule has 1 aliphatic carbocycles. The average Bonchev–Trinajstić information content (AvgIpc) is 3.59. The zero-order chi connectivity index (χ0) is 36.3. The quantitative estimate of drug-likeness (QED) is 0.185. The highest BCUT2D eigenvalue weighted by atomic mass is 32.2. The Hall–Kier alpha value is -4.35. The molecule has 2 aromatic heterocycles. The van der Waals surface area contributed by atoms with Gasteiger partial charge in [0.1, 0.15) is 17.3 Å². The third-order valence-electron chi connectivity index (χ3n) is 11.9. The van der Waals surface area contributed by atoms with E-state index in [4.69, 9.17) is 14.7 Å². The van der Waals surface area contributed by atoms with E-state index in [0.29, 0.717) is 0 Å². The Bertz CT molecular complexity index is 2420. The molecule has 8 rings (SSSR count). The highest BCUT2D eigenvalue weighted by molar-refractivity contribution is 8.15. The molecule has 4 nitrogen and oxygen atoms in total. The van der Waals surface area contributed by atoms with Gasteiger partial charge in [-0.3, -0.25) is 9.56 Å². The minimum absolute atomic E-state index is 0.00152. The van der Waals surface area contributed by atoms with E-state index in [2.05, 4.69) is 172 Å². The van der Waals surface area contributed by atoms with Crippen LogP contribution in [0, 0.1) is 6.92 Å². The lowest BCUT2D eigenvalue weighted by molar-refractivity contribution is 0.264. The van der Waals surface area contributed by atoms with Crippen LogP contribution in [0.2, 0.25) is 0 Å². The van der Waals surface area contributed by atoms with Crippen molar-refractivity contribution in [1.29, 1.82) is 0 Å². The van der Waals surface area contributed by atoms with Gasteiger partial charge in [-0.25, -0.2) is 4.98 Å². The Balaban J connectivity index is 1.22. The average molecular weight is 692 g/mol. The lowest BCUT2D eigenvalue weighted by Gasteiger charge is -2.40. The van der Waals surface area contributed by atoms with Crippen molar-refractivity contribution in [2.75, 3.05) is 0 Å². The molecular weight excluding hydrogens is 643 g/mol. The zero-order valence-corrected chi connectivity index (χ0v) is 32.7. The van der Waals surface area contributed by atoms with Crippen LogP contribution < -0.4 is 4.74 Å². The minimum atomic E-state index is -0.280. The third-order valence-corrected chi connectivity index (χ3v) is 13.4. The summed E-state index contributed by atoms with van der Waals surface area (Å²) in [6.45, 7) is 25.1. The number of benzene rings is 4. The molecule has 3 heterocycles. The summed E-state index contributed by atoms with van der Waals surface area (Å²) < 4.78 is 8.89. The number of rotatable bonds is 4. The van der Waals surface area contributed by atoms with Crippen molar-refractivity contribution < 1.29 is 4.74 Å². The monoisotopic (exact) mass is 691 g/mol. The van der Waals surface area contributed by atoms with Crippen molar-refractivity contribution >= 4 is 38.6 Å². The normalized spacial score (nSPS) is 21.2. The van der Waals surface area contributed by atoms with Gasteiger partial charge in [0, 0.05) is 34.0 Å². The fraction of sp³-hybridized carbons (Fsp3) is 0.348. The first-order valence-corrected chi connectivity index (χ1v) is 19.0. The van der Waals surface area contributed by atoms with Gasteiger partial charge in [0.15, 0.2) is 0 Å². The minimum Gasteiger partial charge on any atom is -0.457 e. The van der Waals surface area contributed by atoms with Gasteiger partial charge in [-0.1, -0.05) is 97.5 Å². The van der Waals surface area contributed by atoms with Crippen LogP contribution in [0.4, 0.5) is 0 Å². The summed E-state index contributed by atoms with van der Waals surface area (Å²) in [5, 5.41) is 3.48. The van der Waals surface area contributed by atoms with Crippen LogP contribution in [0.5, 0.6) is 11.5 Å². The number of aliphatic imine (C=N–C) groups is 1. The highest BCUT2D eigenvalue weighted by Crippen LogP contribution is 2.66. The fourth-order valence-corrected chi connectivity index (χ4v) is 10.00. The number of fused-ring (bicyclic) bond motifs is 6. The molecule has 0 radical (unpaired) electrons. The maximum absolute atomic E-state index is 6.75. The summed E-state index contributed by atoms with van der Waals surface area (Å²) in [5.41, 5.74) is 9.48. The number of thioether (sulfide) groups is 1. The van der Waals surface area contributed by atoms with Gasteiger partial charge in [-0.05, 0) is 114 Å². The predicted molar refractivity (Wildman–Crippen MR) is 217 cm³/mol. The van der Waals surface area contributed by atoms with E-state index >= 15 is 0 Å². The van der Waals surface area contributed by atoms with Crippen LogP contribution in [-0.4, -0.2) is 20.1 Å². The van der Waals surface area contributed by atoms with Crippen LogP contribution in [0.25, 0.3) is 27.6 Å². The van der Waals surface area contributed by atoms with Gasteiger partial charge in [0.25, 0.3) is 0 Å². The smallest absolute Gasteiger partial charge is 0.137 e. The van der Waals surface area contributed by atoms with Gasteiger partial charge in [-0.15, -0.1) is 0 Å². The van der Waals surface area contributed by atoms with Crippen molar-refractivity contribution in [3.05, 3.63) is 131 Å². The molecule has 5 heteroatoms. The molecule has 0 saturated carbocycles. The molecule has 0 saturated heterocycles. The Morgan fingerprint density at radius 3 is 2.10 bits per heavy atom. The second-order valence-corrected chi connectivity index (χ2v) is 19.0. The van der Waals surface area contributed by atoms with E-state index in [1.54, 1.807) is 0 Å². The van der Waals surface area contributed by atoms with E-state index < -0.39 is 0 Å². The predicted octanol–water partition coefficient (Wildman–Crippen LogP) is 12.3. The zero-order valence-electron chi connectivity index (χ0n) is 31.9. The van der Waals surface area contributed by atoms with Gasteiger partial charge >= 0.3 is 0 Å². The molecule has 2 aliphatic rings. The van der Waals surface area contributed by atoms with E-state index in [-0.39, 0.29) is 26.5 Å². The van der Waals surface area contributed by atoms with Gasteiger partial charge in [0.05, 0.1) is 26.4 Å². The summed E-state index contributed by atoms with van der Waals surface area (Å²) in [6, 6.07) is 33.1. The molecule has 0 N–H and O–H groups in total. The van der Waals surface area contributed by atoms with Crippen molar-refractivity contribution in [3.8, 4) is 17.3 Å². The number of nitrogens with zero attached hydrogens (tertiary/aromatic N) is 3. The lowest BCUT2D eigenvalue weighted by Crippen LogP contribution is -2.47. The Labute approximate surface area is 307 Å². The van der Waals surface area contributed by atoms with Crippen molar-refractivity contribution in [2.24, 2.45) is 4.99 Å². The second-order valence-electron chi connectivity index (χ2n) is 17.6. The van der Waals surface area contributed by atoms with Crippen LogP contribution >= 0.6 is 11.8 Å². The summed E-state index contributed by atoms with van der Waals surface area (Å²) in [5.74, 6) is 2.51. The van der Waals surface area contributed by atoms with Gasteiger partial charge in [-0.2, -0.15) is 0 Å². The van der Waals surface area contributed by atoms with Crippen LogP contribution in [0.1, 0.15) is 103 Å². The molecule has 260 valence electrons. The van der Waals surface area contributed by atoms with E-state index in [9.17, 15) is 0 Å². The van der Waals surface area contributed by atoms with E-state index in [1.807, 2.05) is 18.0 Å². The Kier molecular flexibility index (Phi) is 7.33. The maximum atomic E-state index is 6.75. The molecule has 0 spiro atoms. The van der Waals surface area contributed by atoms with Crippen LogP contribution in [-0.2, 0) is 21.0 Å². The van der Waals surface area contributed by atoms with Crippen molar-refractivity contribution in [2.45, 2.75) is 103 Å². The molecule has 4 aromatic carbocycles. The number of ether oxygens (including phenoxy) is 1. The molecule has 6 aromatic rings. The van der Waals surface area contributed by atoms with Gasteiger partial charge in [0.2, 0.25) is 0 Å². The molecule has 1 aliphatic heterocycles. The molecule has 51 heavy (non-hydrogen) atoms. The number of aryl methyl sites for hydroxylation is 1. The number of hydrogen-bond acceptors (Lipinski definition) is 4. The first-order chi connectivity index (χ1) is 23.9. The van der Waals surface area contributed by atoms with Crippen LogP contribution in [0.3, 0.4) is 0 Å². The molecule has 0 fully saturated rings. The largest absolute Gasteiger partial charge is 0.457 e. The molecule has 2 atom stereocenters. The van der Waals surface area contributed by atoms with Crippen LogP contribution in [0.15, 0.2) is 102 Å². The summed E-state index contributed by atoms with van der Waals surface area (Å²) in [7, 11) is 0. The summed E-state index contributed by atoms with van der Waals surface area (Å²) in [6.07, 6.45) is 1.93. The topological polar surface area (TPSA) is 39.4 Å². The third kappa shape index (κ3) is 5.10. The maximum Gasteiger partial charge on any atom is 0.137 e. The highest BCUT2D eigenvalue weighted by Gasteiger charge is 2.65. The standard InChI is InChI=1S/C46H49N3OS/c1-28-22-29(41-48-46(11)44(8,9)36-14-12-13-15-37(36)45(46,10)51-41)24-33(23-28)50-32-17-18-34-35-25-30(42(2,3)4)16-19-38(35)49(39(34)27-32)40-26-31(20-21-47-40)43(5,6)7/h12-27H,1-11H3/t45-,46+/m0/s1. The Morgan fingerprint density at radius 2 is 1.37 bits per heavy atom. The van der Waals surface area contributed by atoms with Crippen molar-refractivity contribution in [1.82, 2.24) is 9.55 Å². The SMILES string of the molecule is Cc1cc(Oc2ccc3c4cc(C(C)(C)C)ccc4n(-c4cc(C(C)(C)C)ccn4)c3c2)cc(C2=N[C@]3(C)C(C)(C)c4ccccc4[C@]3(C)S2)c1. The molecule has 0 bridgehead atoms. The summed E-state index contributed by atoms with van der Waals surface area (Å²) >= 11 is 1.90. The first kappa shape index (κ1) is 33.8. The molecule has 0 amide bonds. The number of hydrogen-bond donors (Lipinski definition) is 0. The van der Waals surface area contributed by atoms with E-state index in [0.717, 1.165) is 44.5 Å². The molecule has 0 unspecified atom stereocenters. The number of pyridine rings is 1. The summed E-state index contributed by atoms with van der Waals surface area (Å²) in [4.78, 5) is 10.5. The number of aromatic nitrogens is 2.